The average molecular weight is 441 g/mol. The van der Waals surface area contributed by atoms with Crippen molar-refractivity contribution in [3.8, 4) is 5.75 Å². The minimum atomic E-state index is -2.07. The van der Waals surface area contributed by atoms with E-state index in [1.54, 1.807) is 0 Å². The van der Waals surface area contributed by atoms with Gasteiger partial charge in [0, 0.05) is 5.56 Å². The first-order valence-electron chi connectivity index (χ1n) is 11.2. The summed E-state index contributed by atoms with van der Waals surface area (Å²) >= 11 is 0. The maximum absolute atomic E-state index is 7.27. The lowest BCUT2D eigenvalue weighted by Crippen LogP contribution is -2.48. The van der Waals surface area contributed by atoms with E-state index in [1.165, 1.54) is 16.7 Å². The Morgan fingerprint density at radius 3 is 2.03 bits per heavy atom. The molecule has 0 N–H and O–H groups in total. The van der Waals surface area contributed by atoms with E-state index >= 15 is 0 Å². The third kappa shape index (κ3) is 3.94. The molecule has 0 spiro atoms. The van der Waals surface area contributed by atoms with E-state index < -0.39 is 22.2 Å². The van der Waals surface area contributed by atoms with Crippen LogP contribution < -0.4 is 4.43 Å². The number of rotatable bonds is 5. The van der Waals surface area contributed by atoms with E-state index in [1.807, 2.05) is 0 Å². The summed E-state index contributed by atoms with van der Waals surface area (Å²) in [5, 5.41) is 0.256. The van der Waals surface area contributed by atoms with Gasteiger partial charge in [-0.2, -0.15) is 0 Å². The average Bonchev–Trinajstić information content (AvgIpc) is 3.22. The van der Waals surface area contributed by atoms with E-state index in [0.717, 1.165) is 12.2 Å². The molecule has 1 aromatic carbocycles. The van der Waals surface area contributed by atoms with Crippen LogP contribution in [0.2, 0.25) is 36.3 Å². The predicted octanol–water partition coefficient (Wildman–Crippen LogP) is 8.20. The van der Waals surface area contributed by atoms with Gasteiger partial charge in [0.25, 0.3) is 0 Å². The molecule has 30 heavy (non-hydrogen) atoms. The first-order chi connectivity index (χ1) is 13.6. The molecule has 164 valence electrons. The Morgan fingerprint density at radius 1 is 0.867 bits per heavy atom. The fourth-order valence-electron chi connectivity index (χ4n) is 3.56. The third-order valence-corrected chi connectivity index (χ3v) is 16.3. The zero-order chi connectivity index (χ0) is 22.6. The number of allylic oxidation sites excluding steroid dienone is 2. The highest BCUT2D eigenvalue weighted by Crippen LogP contribution is 2.53. The zero-order valence-corrected chi connectivity index (χ0v) is 22.6. The fourth-order valence-corrected chi connectivity index (χ4v) is 5.99. The van der Waals surface area contributed by atoms with Gasteiger partial charge in [0.1, 0.15) is 11.4 Å². The highest BCUT2D eigenvalue weighted by molar-refractivity contribution is 6.75. The van der Waals surface area contributed by atoms with Gasteiger partial charge in [0.05, 0.1) is 0 Å². The third-order valence-electron chi connectivity index (χ3n) is 7.52. The van der Waals surface area contributed by atoms with Crippen LogP contribution >= 0.6 is 0 Å². The Morgan fingerprint density at radius 2 is 1.50 bits per heavy atom. The molecule has 3 rings (SSSR count). The molecule has 2 aliphatic rings. The first-order valence-corrected chi connectivity index (χ1v) is 17.0. The molecular weight excluding hydrogens is 400 g/mol. The van der Waals surface area contributed by atoms with Gasteiger partial charge in [0.2, 0.25) is 8.32 Å². The number of benzene rings is 1. The zero-order valence-electron chi connectivity index (χ0n) is 20.6. The van der Waals surface area contributed by atoms with Gasteiger partial charge in [-0.15, -0.1) is 0 Å². The molecule has 0 saturated heterocycles. The molecular formula is C26H40O2Si2. The monoisotopic (exact) mass is 440 g/mol. The standard InChI is InChI=1S/C26H40O2Si2/c1-24(2,3)29(7,8)27-22-17-13-14-20-18-19-26(23(20)22,21-15-11-12-16-21)28-30(9,10)25(4,5)6/h11,13-19H,12H2,1-10H3. The minimum Gasteiger partial charge on any atom is -0.543 e. The Bertz CT molecular complexity index is 908. The molecule has 4 heteroatoms. The Balaban J connectivity index is 2.19. The molecule has 0 saturated carbocycles. The quantitative estimate of drug-likeness (QED) is 0.429. The maximum Gasteiger partial charge on any atom is 0.250 e. The van der Waals surface area contributed by atoms with Crippen LogP contribution in [-0.4, -0.2) is 16.6 Å². The summed E-state index contributed by atoms with van der Waals surface area (Å²) in [5.74, 6) is 0.990. The van der Waals surface area contributed by atoms with Crippen molar-refractivity contribution in [3.63, 3.8) is 0 Å². The van der Waals surface area contributed by atoms with E-state index in [4.69, 9.17) is 8.85 Å². The second-order valence-corrected chi connectivity index (χ2v) is 21.3. The Hall–Kier alpha value is -1.37. The summed E-state index contributed by atoms with van der Waals surface area (Å²) in [4.78, 5) is 0. The molecule has 1 aromatic rings. The molecule has 0 aromatic heterocycles. The molecule has 2 aliphatic carbocycles. The fraction of sp³-hybridized carbons (Fsp3) is 0.538. The lowest BCUT2D eigenvalue weighted by Gasteiger charge is -2.45. The molecule has 1 atom stereocenters. The van der Waals surface area contributed by atoms with Gasteiger partial charge in [-0.05, 0) is 66.0 Å². The van der Waals surface area contributed by atoms with Crippen LogP contribution in [-0.2, 0) is 10.0 Å². The van der Waals surface area contributed by atoms with Gasteiger partial charge in [-0.3, -0.25) is 0 Å². The molecule has 2 nitrogen and oxygen atoms in total. The van der Waals surface area contributed by atoms with Crippen molar-refractivity contribution in [2.24, 2.45) is 0 Å². The normalized spacial score (nSPS) is 21.7. The van der Waals surface area contributed by atoms with Crippen LogP contribution in [0.1, 0.15) is 59.1 Å². The van der Waals surface area contributed by atoms with Gasteiger partial charge in [0.15, 0.2) is 8.32 Å². The van der Waals surface area contributed by atoms with Gasteiger partial charge in [-0.1, -0.05) is 78.0 Å². The van der Waals surface area contributed by atoms with Crippen molar-refractivity contribution in [1.29, 1.82) is 0 Å². The van der Waals surface area contributed by atoms with Gasteiger partial charge in [-0.25, -0.2) is 0 Å². The van der Waals surface area contributed by atoms with Crippen molar-refractivity contribution in [3.05, 3.63) is 59.2 Å². The Labute approximate surface area is 186 Å². The van der Waals surface area contributed by atoms with Crippen molar-refractivity contribution >= 4 is 22.7 Å². The molecule has 0 aliphatic heterocycles. The second kappa shape index (κ2) is 7.35. The van der Waals surface area contributed by atoms with Crippen LogP contribution in [0, 0.1) is 0 Å². The van der Waals surface area contributed by atoms with Gasteiger partial charge < -0.3 is 8.85 Å². The maximum atomic E-state index is 7.27. The van der Waals surface area contributed by atoms with E-state index in [-0.39, 0.29) is 10.1 Å². The van der Waals surface area contributed by atoms with Crippen molar-refractivity contribution in [2.75, 3.05) is 0 Å². The summed E-state index contributed by atoms with van der Waals surface area (Å²) in [5.41, 5.74) is 3.08. The van der Waals surface area contributed by atoms with Crippen LogP contribution in [0.15, 0.2) is 48.1 Å². The van der Waals surface area contributed by atoms with Crippen LogP contribution in [0.5, 0.6) is 5.75 Å². The summed E-state index contributed by atoms with van der Waals surface area (Å²) in [7, 11) is -4.06. The number of hydrogen-bond donors (Lipinski definition) is 0. The Kier molecular flexibility index (Phi) is 5.71. The van der Waals surface area contributed by atoms with E-state index in [2.05, 4.69) is 116 Å². The largest absolute Gasteiger partial charge is 0.543 e. The summed E-state index contributed by atoms with van der Waals surface area (Å²) < 4.78 is 14.2. The van der Waals surface area contributed by atoms with E-state index in [0.29, 0.717) is 0 Å². The minimum absolute atomic E-state index is 0.120. The van der Waals surface area contributed by atoms with Crippen molar-refractivity contribution in [1.82, 2.24) is 0 Å². The lowest BCUT2D eigenvalue weighted by molar-refractivity contribution is 0.143. The predicted molar refractivity (Wildman–Crippen MR) is 135 cm³/mol. The number of fused-ring (bicyclic) bond motifs is 1. The van der Waals surface area contributed by atoms with Crippen molar-refractivity contribution < 1.29 is 8.85 Å². The molecule has 0 amide bonds. The van der Waals surface area contributed by atoms with Crippen LogP contribution in [0.25, 0.3) is 6.08 Å². The topological polar surface area (TPSA) is 18.5 Å². The molecule has 1 unspecified atom stereocenters. The molecule has 0 bridgehead atoms. The molecule has 0 radical (unpaired) electrons. The summed E-state index contributed by atoms with van der Waals surface area (Å²) in [6, 6.07) is 6.46. The first kappa shape index (κ1) is 23.3. The van der Waals surface area contributed by atoms with Crippen molar-refractivity contribution in [2.45, 2.75) is 89.8 Å². The lowest BCUT2D eigenvalue weighted by atomic mass is 9.88. The summed E-state index contributed by atoms with van der Waals surface area (Å²) in [6.07, 6.45) is 12.3. The molecule has 0 heterocycles. The van der Waals surface area contributed by atoms with E-state index in [9.17, 15) is 0 Å². The number of hydrogen-bond acceptors (Lipinski definition) is 2. The smallest absolute Gasteiger partial charge is 0.250 e. The summed E-state index contributed by atoms with van der Waals surface area (Å²) in [6.45, 7) is 23.1. The molecule has 0 fully saturated rings. The van der Waals surface area contributed by atoms with Crippen LogP contribution in [0.3, 0.4) is 0 Å². The SMILES string of the molecule is CC(C)(C)[Si](C)(C)Oc1cccc2c1C(O[Si](C)(C)C(C)(C)C)(C1=CCC=C1)C=C2. The van der Waals surface area contributed by atoms with Gasteiger partial charge >= 0.3 is 0 Å². The highest BCUT2D eigenvalue weighted by atomic mass is 28.4. The van der Waals surface area contributed by atoms with Crippen LogP contribution in [0.4, 0.5) is 0 Å². The highest BCUT2D eigenvalue weighted by Gasteiger charge is 2.50. The second-order valence-electron chi connectivity index (χ2n) is 11.8.